The number of carboxylic acids is 1. The highest BCUT2D eigenvalue weighted by Gasteiger charge is 2.26. The Labute approximate surface area is 118 Å². The molecule has 106 valence electrons. The van der Waals surface area contributed by atoms with Crippen LogP contribution < -0.4 is 5.73 Å². The van der Waals surface area contributed by atoms with Crippen LogP contribution in [0.15, 0.2) is 36.9 Å². The molecule has 0 aliphatic rings. The number of H-pyrrole nitrogens is 1. The van der Waals surface area contributed by atoms with E-state index in [1.807, 2.05) is 44.2 Å². The van der Waals surface area contributed by atoms with Crippen LogP contribution in [0.25, 0.3) is 10.9 Å². The van der Waals surface area contributed by atoms with Crippen molar-refractivity contribution in [2.45, 2.75) is 31.7 Å². The Hall–Kier alpha value is -2.07. The zero-order valence-electron chi connectivity index (χ0n) is 11.8. The first kappa shape index (κ1) is 14.3. The predicted octanol–water partition coefficient (Wildman–Crippen LogP) is 2.59. The lowest BCUT2D eigenvalue weighted by atomic mass is 9.85. The van der Waals surface area contributed by atoms with Gasteiger partial charge in [-0.25, -0.2) is 0 Å². The largest absolute Gasteiger partial charge is 0.480 e. The standard InChI is InChI=1S/C16H20N2O2/c1-4-16(2,3)14-11(9-12(17)15(19)20)10-7-5-6-8-13(10)18-14/h4-8,12,18H,1,9,17H2,2-3H3,(H,19,20)/t12-/m0/s1/i15+1. The van der Waals surface area contributed by atoms with E-state index in [0.29, 0.717) is 6.42 Å². The Morgan fingerprint density at radius 3 is 2.75 bits per heavy atom. The summed E-state index contributed by atoms with van der Waals surface area (Å²) in [5.74, 6) is -0.988. The molecule has 0 radical (unpaired) electrons. The van der Waals surface area contributed by atoms with Crippen molar-refractivity contribution < 1.29 is 9.90 Å². The van der Waals surface area contributed by atoms with Gasteiger partial charge in [-0.3, -0.25) is 4.79 Å². The van der Waals surface area contributed by atoms with E-state index in [0.717, 1.165) is 22.2 Å². The maximum atomic E-state index is 11.0. The second-order valence-corrected chi connectivity index (χ2v) is 5.60. The van der Waals surface area contributed by atoms with Gasteiger partial charge in [0.25, 0.3) is 0 Å². The molecule has 0 aliphatic carbocycles. The number of carbonyl (C=O) groups is 1. The molecule has 0 saturated carbocycles. The molecular formula is C16H20N2O2. The molecule has 1 aromatic carbocycles. The zero-order chi connectivity index (χ0) is 14.9. The van der Waals surface area contributed by atoms with Crippen LogP contribution in [0.1, 0.15) is 25.1 Å². The third-order valence-electron chi connectivity index (χ3n) is 3.71. The van der Waals surface area contributed by atoms with Crippen molar-refractivity contribution >= 4 is 16.9 Å². The fraction of sp³-hybridized carbons (Fsp3) is 0.312. The molecule has 2 aromatic rings. The minimum Gasteiger partial charge on any atom is -0.480 e. The first-order chi connectivity index (χ1) is 9.36. The molecule has 1 heterocycles. The van der Waals surface area contributed by atoms with Crippen LogP contribution in [0.4, 0.5) is 0 Å². The van der Waals surface area contributed by atoms with E-state index in [4.69, 9.17) is 10.8 Å². The average molecular weight is 273 g/mol. The van der Waals surface area contributed by atoms with Crippen molar-refractivity contribution in [3.63, 3.8) is 0 Å². The summed E-state index contributed by atoms with van der Waals surface area (Å²) in [6, 6.07) is 6.95. The second kappa shape index (κ2) is 5.13. The molecule has 0 saturated heterocycles. The van der Waals surface area contributed by atoms with Gasteiger partial charge in [-0.05, 0) is 11.6 Å². The van der Waals surface area contributed by atoms with Crippen LogP contribution in [0.3, 0.4) is 0 Å². The number of hydrogen-bond acceptors (Lipinski definition) is 2. The summed E-state index contributed by atoms with van der Waals surface area (Å²) in [6.45, 7) is 7.95. The van der Waals surface area contributed by atoms with E-state index in [9.17, 15) is 4.79 Å². The fourth-order valence-corrected chi connectivity index (χ4v) is 2.37. The zero-order valence-corrected chi connectivity index (χ0v) is 11.8. The first-order valence-corrected chi connectivity index (χ1v) is 6.59. The minimum absolute atomic E-state index is 0.271. The number of rotatable bonds is 5. The summed E-state index contributed by atoms with van der Waals surface area (Å²) in [7, 11) is 0. The number of nitrogens with two attached hydrogens (primary N) is 1. The van der Waals surface area contributed by atoms with Gasteiger partial charge in [-0.2, -0.15) is 0 Å². The molecule has 4 heteroatoms. The highest BCUT2D eigenvalue weighted by atomic mass is 16.5. The van der Waals surface area contributed by atoms with Crippen LogP contribution in [0.5, 0.6) is 0 Å². The lowest BCUT2D eigenvalue weighted by Gasteiger charge is -2.21. The number of fused-ring (bicyclic) bond motifs is 1. The SMILES string of the molecule is C=CC(C)(C)c1[nH]c2ccccc2c1C[C@H](N)[13C](=O)O. The number of para-hydroxylation sites is 1. The number of nitrogens with one attached hydrogen (secondary N) is 1. The Morgan fingerprint density at radius 1 is 1.50 bits per heavy atom. The molecule has 4 N–H and O–H groups in total. The van der Waals surface area contributed by atoms with Gasteiger partial charge in [0.05, 0.1) is 0 Å². The lowest BCUT2D eigenvalue weighted by molar-refractivity contribution is -0.138. The van der Waals surface area contributed by atoms with E-state index in [2.05, 4.69) is 11.6 Å². The predicted molar refractivity (Wildman–Crippen MR) is 80.8 cm³/mol. The normalized spacial score (nSPS) is 13.3. The Kier molecular flexibility index (Phi) is 3.68. The van der Waals surface area contributed by atoms with Crippen molar-refractivity contribution in [1.29, 1.82) is 0 Å². The summed E-state index contributed by atoms with van der Waals surface area (Å²) in [5, 5.41) is 10.1. The van der Waals surface area contributed by atoms with Crippen molar-refractivity contribution in [2.24, 2.45) is 5.73 Å². The van der Waals surface area contributed by atoms with Gasteiger partial charge in [0.2, 0.25) is 0 Å². The van der Waals surface area contributed by atoms with E-state index in [1.54, 1.807) is 0 Å². The van der Waals surface area contributed by atoms with Gasteiger partial charge in [-0.1, -0.05) is 38.1 Å². The third-order valence-corrected chi connectivity index (χ3v) is 3.71. The van der Waals surface area contributed by atoms with Gasteiger partial charge < -0.3 is 15.8 Å². The van der Waals surface area contributed by atoms with E-state index in [-0.39, 0.29) is 5.41 Å². The molecule has 4 nitrogen and oxygen atoms in total. The quantitative estimate of drug-likeness (QED) is 0.578. The topological polar surface area (TPSA) is 79.1 Å². The van der Waals surface area contributed by atoms with Crippen LogP contribution in [0, 0.1) is 0 Å². The van der Waals surface area contributed by atoms with Gasteiger partial charge >= 0.3 is 5.97 Å². The maximum Gasteiger partial charge on any atom is 0.320 e. The number of carboxylic acid groups (broad SMARTS) is 1. The molecular weight excluding hydrogens is 253 g/mol. The summed E-state index contributed by atoms with van der Waals surface area (Å²) < 4.78 is 0. The number of hydrogen-bond donors (Lipinski definition) is 3. The molecule has 0 aliphatic heterocycles. The molecule has 0 unspecified atom stereocenters. The maximum absolute atomic E-state index is 11.0. The number of benzene rings is 1. The number of aromatic nitrogens is 1. The first-order valence-electron chi connectivity index (χ1n) is 6.59. The molecule has 0 spiro atoms. The third kappa shape index (κ3) is 2.47. The molecule has 2 rings (SSSR count). The highest BCUT2D eigenvalue weighted by Crippen LogP contribution is 2.33. The Balaban J connectivity index is 2.62. The molecule has 0 fully saturated rings. The van der Waals surface area contributed by atoms with Crippen LogP contribution in [0.2, 0.25) is 0 Å². The Morgan fingerprint density at radius 2 is 2.15 bits per heavy atom. The number of allylic oxidation sites excluding steroid dienone is 1. The van der Waals surface area contributed by atoms with Crippen molar-refractivity contribution in [2.75, 3.05) is 0 Å². The van der Waals surface area contributed by atoms with Gasteiger partial charge in [0.15, 0.2) is 0 Å². The molecule has 1 aromatic heterocycles. The van der Waals surface area contributed by atoms with Gasteiger partial charge in [0, 0.05) is 28.4 Å². The van der Waals surface area contributed by atoms with Crippen LogP contribution in [-0.4, -0.2) is 22.1 Å². The molecule has 20 heavy (non-hydrogen) atoms. The number of aliphatic carboxylic acids is 1. The lowest BCUT2D eigenvalue weighted by Crippen LogP contribution is -2.33. The van der Waals surface area contributed by atoms with Crippen molar-refractivity contribution in [3.8, 4) is 0 Å². The monoisotopic (exact) mass is 273 g/mol. The van der Waals surface area contributed by atoms with E-state index >= 15 is 0 Å². The summed E-state index contributed by atoms with van der Waals surface area (Å²) in [6.07, 6.45) is 2.15. The van der Waals surface area contributed by atoms with Crippen molar-refractivity contribution in [1.82, 2.24) is 4.98 Å². The summed E-state index contributed by atoms with van der Waals surface area (Å²) >= 11 is 0. The number of aromatic amines is 1. The van der Waals surface area contributed by atoms with E-state index in [1.165, 1.54) is 0 Å². The second-order valence-electron chi connectivity index (χ2n) is 5.60. The highest BCUT2D eigenvalue weighted by molar-refractivity contribution is 5.86. The minimum atomic E-state index is -0.988. The van der Waals surface area contributed by atoms with Gasteiger partial charge in [-0.15, -0.1) is 6.58 Å². The smallest absolute Gasteiger partial charge is 0.320 e. The summed E-state index contributed by atoms with van der Waals surface area (Å²) in [5.41, 5.74) is 8.37. The van der Waals surface area contributed by atoms with Gasteiger partial charge in [0.1, 0.15) is 6.04 Å². The molecule has 0 amide bonds. The van der Waals surface area contributed by atoms with Crippen LogP contribution in [-0.2, 0) is 16.6 Å². The van der Waals surface area contributed by atoms with E-state index < -0.39 is 12.0 Å². The van der Waals surface area contributed by atoms with Crippen LogP contribution >= 0.6 is 0 Å². The molecule has 1 atom stereocenters. The Bertz CT molecular complexity index is 656. The summed E-state index contributed by atoms with van der Waals surface area (Å²) in [4.78, 5) is 14.4. The molecule has 0 bridgehead atoms. The fourth-order valence-electron chi connectivity index (χ4n) is 2.37. The average Bonchev–Trinajstić information content (AvgIpc) is 2.78. The van der Waals surface area contributed by atoms with Crippen molar-refractivity contribution in [3.05, 3.63) is 48.2 Å².